The van der Waals surface area contributed by atoms with Gasteiger partial charge in [0.05, 0.1) is 21.6 Å². The molecule has 4 aromatic rings. The van der Waals surface area contributed by atoms with E-state index >= 15 is 0 Å². The van der Waals surface area contributed by atoms with Crippen molar-refractivity contribution in [2.75, 3.05) is 11.6 Å². The van der Waals surface area contributed by atoms with Crippen LogP contribution in [0.4, 0.5) is 11.4 Å². The highest BCUT2D eigenvalue weighted by atomic mass is 32.2. The molecule has 0 aliphatic rings. The van der Waals surface area contributed by atoms with E-state index in [-0.39, 0.29) is 4.90 Å². The minimum Gasteiger partial charge on any atom is -0.355 e. The highest BCUT2D eigenvalue weighted by molar-refractivity contribution is 7.90. The van der Waals surface area contributed by atoms with Gasteiger partial charge in [0.1, 0.15) is 0 Å². The van der Waals surface area contributed by atoms with E-state index in [1.807, 2.05) is 31.2 Å². The molecule has 25 heavy (non-hydrogen) atoms. The minimum atomic E-state index is -3.28. The first-order valence-corrected chi connectivity index (χ1v) is 9.61. The largest absolute Gasteiger partial charge is 0.355 e. The summed E-state index contributed by atoms with van der Waals surface area (Å²) in [6.45, 7) is 1.95. The minimum absolute atomic E-state index is 0.274. The van der Waals surface area contributed by atoms with Crippen LogP contribution in [0.1, 0.15) is 5.69 Å². The fourth-order valence-electron chi connectivity index (χ4n) is 2.85. The van der Waals surface area contributed by atoms with Crippen molar-refractivity contribution in [3.05, 3.63) is 54.4 Å². The lowest BCUT2D eigenvalue weighted by Crippen LogP contribution is -1.98. The first-order valence-electron chi connectivity index (χ1n) is 7.72. The molecule has 0 fully saturated rings. The average molecular weight is 352 g/mol. The number of aryl methyl sites for hydroxylation is 1. The molecule has 0 unspecified atom stereocenters. The topological polar surface area (TPSA) is 87.7 Å². The van der Waals surface area contributed by atoms with Crippen molar-refractivity contribution in [3.8, 4) is 0 Å². The molecule has 126 valence electrons. The molecule has 0 atom stereocenters. The standard InChI is InChI=1S/C18H16N4O2S/c1-11-14-5-3-12(9-18(14)22-21-11)20-17-7-8-19-16-6-4-13(10-15(16)17)25(2,23)24/h3-10H,1-2H3,(H,19,20)(H,21,22). The molecule has 0 aliphatic carbocycles. The molecule has 2 aromatic carbocycles. The van der Waals surface area contributed by atoms with Gasteiger partial charge in [-0.25, -0.2) is 8.42 Å². The zero-order valence-electron chi connectivity index (χ0n) is 13.7. The molecule has 2 heterocycles. The van der Waals surface area contributed by atoms with Crippen molar-refractivity contribution < 1.29 is 8.42 Å². The SMILES string of the molecule is Cc1n[nH]c2cc(Nc3ccnc4ccc(S(C)(=O)=O)cc34)ccc12. The Bertz CT molecular complexity index is 1210. The highest BCUT2D eigenvalue weighted by Gasteiger charge is 2.11. The maximum Gasteiger partial charge on any atom is 0.175 e. The lowest BCUT2D eigenvalue weighted by Gasteiger charge is -2.10. The Balaban J connectivity index is 1.81. The van der Waals surface area contributed by atoms with Crippen LogP contribution in [-0.4, -0.2) is 29.9 Å². The summed E-state index contributed by atoms with van der Waals surface area (Å²) >= 11 is 0. The molecule has 0 saturated heterocycles. The number of anilines is 2. The molecule has 2 N–H and O–H groups in total. The van der Waals surface area contributed by atoms with Crippen LogP contribution in [0, 0.1) is 6.92 Å². The number of pyridine rings is 1. The Kier molecular flexibility index (Phi) is 3.47. The van der Waals surface area contributed by atoms with Gasteiger partial charge in [0.15, 0.2) is 9.84 Å². The van der Waals surface area contributed by atoms with Gasteiger partial charge >= 0.3 is 0 Å². The molecular formula is C18H16N4O2S. The zero-order chi connectivity index (χ0) is 17.6. The predicted molar refractivity (Wildman–Crippen MR) is 99.0 cm³/mol. The number of hydrogen-bond acceptors (Lipinski definition) is 5. The van der Waals surface area contributed by atoms with E-state index in [1.165, 1.54) is 6.26 Å². The van der Waals surface area contributed by atoms with Crippen LogP contribution < -0.4 is 5.32 Å². The fourth-order valence-corrected chi connectivity index (χ4v) is 3.50. The molecule has 7 heteroatoms. The van der Waals surface area contributed by atoms with Crippen LogP contribution in [-0.2, 0) is 9.84 Å². The van der Waals surface area contributed by atoms with Gasteiger partial charge in [-0.15, -0.1) is 0 Å². The van der Waals surface area contributed by atoms with Crippen LogP contribution in [0.25, 0.3) is 21.8 Å². The normalized spacial score (nSPS) is 11.9. The van der Waals surface area contributed by atoms with E-state index in [1.54, 1.807) is 24.4 Å². The van der Waals surface area contributed by atoms with E-state index in [4.69, 9.17) is 0 Å². The second-order valence-corrected chi connectivity index (χ2v) is 8.02. The summed E-state index contributed by atoms with van der Waals surface area (Å²) in [7, 11) is -3.28. The van der Waals surface area contributed by atoms with Crippen LogP contribution in [0.2, 0.25) is 0 Å². The Morgan fingerprint density at radius 1 is 1.04 bits per heavy atom. The monoisotopic (exact) mass is 352 g/mol. The summed E-state index contributed by atoms with van der Waals surface area (Å²) in [5.41, 5.74) is 4.31. The Morgan fingerprint density at radius 3 is 2.68 bits per heavy atom. The second kappa shape index (κ2) is 5.56. The van der Waals surface area contributed by atoms with Gasteiger partial charge in [-0.05, 0) is 49.4 Å². The Labute approximate surface area is 144 Å². The van der Waals surface area contributed by atoms with E-state index in [0.29, 0.717) is 0 Å². The van der Waals surface area contributed by atoms with Gasteiger partial charge < -0.3 is 5.32 Å². The molecule has 6 nitrogen and oxygen atoms in total. The van der Waals surface area contributed by atoms with E-state index < -0.39 is 9.84 Å². The van der Waals surface area contributed by atoms with Crippen molar-refractivity contribution in [1.29, 1.82) is 0 Å². The molecule has 0 aliphatic heterocycles. The summed E-state index contributed by atoms with van der Waals surface area (Å²) < 4.78 is 23.7. The van der Waals surface area contributed by atoms with E-state index in [2.05, 4.69) is 20.5 Å². The number of nitrogens with one attached hydrogen (secondary N) is 2. The van der Waals surface area contributed by atoms with Crippen molar-refractivity contribution in [2.45, 2.75) is 11.8 Å². The molecule has 0 amide bonds. The number of fused-ring (bicyclic) bond motifs is 2. The number of nitrogens with zero attached hydrogens (tertiary/aromatic N) is 2. The Hall–Kier alpha value is -2.93. The Morgan fingerprint density at radius 2 is 1.88 bits per heavy atom. The summed E-state index contributed by atoms with van der Waals surface area (Å²) in [5, 5.41) is 12.4. The van der Waals surface area contributed by atoms with Gasteiger partial charge in [0.2, 0.25) is 0 Å². The summed E-state index contributed by atoms with van der Waals surface area (Å²) in [6.07, 6.45) is 2.90. The number of H-pyrrole nitrogens is 1. The molecule has 0 saturated carbocycles. The van der Waals surface area contributed by atoms with Crippen molar-refractivity contribution >= 4 is 43.0 Å². The lowest BCUT2D eigenvalue weighted by molar-refractivity contribution is 0.602. The number of hydrogen-bond donors (Lipinski definition) is 2. The summed E-state index contributed by atoms with van der Waals surface area (Å²) in [5.74, 6) is 0. The van der Waals surface area contributed by atoms with Crippen LogP contribution >= 0.6 is 0 Å². The van der Waals surface area contributed by atoms with Gasteiger partial charge in [-0.3, -0.25) is 10.1 Å². The number of aromatic nitrogens is 3. The van der Waals surface area contributed by atoms with Gasteiger partial charge in [0.25, 0.3) is 0 Å². The van der Waals surface area contributed by atoms with Gasteiger partial charge in [-0.1, -0.05) is 0 Å². The predicted octanol–water partition coefficient (Wildman–Crippen LogP) is 3.57. The summed E-state index contributed by atoms with van der Waals surface area (Å²) in [6, 6.07) is 12.7. The number of benzene rings is 2. The average Bonchev–Trinajstić information content (AvgIpc) is 2.94. The third-order valence-electron chi connectivity index (χ3n) is 4.17. The molecule has 0 spiro atoms. The third kappa shape index (κ3) is 2.83. The molecule has 0 radical (unpaired) electrons. The van der Waals surface area contributed by atoms with Crippen molar-refractivity contribution in [2.24, 2.45) is 0 Å². The third-order valence-corrected chi connectivity index (χ3v) is 5.28. The maximum atomic E-state index is 11.8. The quantitative estimate of drug-likeness (QED) is 0.588. The van der Waals surface area contributed by atoms with E-state index in [0.717, 1.165) is 38.9 Å². The van der Waals surface area contributed by atoms with Gasteiger partial charge in [0, 0.05) is 34.6 Å². The first kappa shape index (κ1) is 15.6. The van der Waals surface area contributed by atoms with Crippen molar-refractivity contribution in [3.63, 3.8) is 0 Å². The van der Waals surface area contributed by atoms with E-state index in [9.17, 15) is 8.42 Å². The first-order chi connectivity index (χ1) is 11.9. The number of rotatable bonds is 3. The van der Waals surface area contributed by atoms with Crippen LogP contribution in [0.3, 0.4) is 0 Å². The zero-order valence-corrected chi connectivity index (χ0v) is 14.6. The van der Waals surface area contributed by atoms with Crippen LogP contribution in [0.15, 0.2) is 53.6 Å². The van der Waals surface area contributed by atoms with Gasteiger partial charge in [-0.2, -0.15) is 5.10 Å². The summed E-state index contributed by atoms with van der Waals surface area (Å²) in [4.78, 5) is 4.58. The molecule has 0 bridgehead atoms. The highest BCUT2D eigenvalue weighted by Crippen LogP contribution is 2.29. The smallest absolute Gasteiger partial charge is 0.175 e. The van der Waals surface area contributed by atoms with Crippen LogP contribution in [0.5, 0.6) is 0 Å². The molecular weight excluding hydrogens is 336 g/mol. The fraction of sp³-hybridized carbons (Fsp3) is 0.111. The molecule has 2 aromatic heterocycles. The van der Waals surface area contributed by atoms with Crippen molar-refractivity contribution in [1.82, 2.24) is 15.2 Å². The second-order valence-electron chi connectivity index (χ2n) is 6.00. The lowest BCUT2D eigenvalue weighted by atomic mass is 10.1. The maximum absolute atomic E-state index is 11.8. The number of sulfone groups is 1. The number of aromatic amines is 1. The molecule has 4 rings (SSSR count).